The van der Waals surface area contributed by atoms with Gasteiger partial charge in [-0.1, -0.05) is 109 Å². The molecule has 0 saturated heterocycles. The second kappa shape index (κ2) is 14.5. The second-order valence-corrected chi connectivity index (χ2v) is 20.0. The van der Waals surface area contributed by atoms with Crippen LogP contribution in [0.4, 0.5) is 0 Å². The Morgan fingerprint density at radius 1 is 0.333 bits per heavy atom. The van der Waals surface area contributed by atoms with Crippen LogP contribution in [0.15, 0.2) is 211 Å². The van der Waals surface area contributed by atoms with Crippen LogP contribution in [0.3, 0.4) is 0 Å². The van der Waals surface area contributed by atoms with Gasteiger partial charge < -0.3 is 0 Å². The molecule has 2 atom stereocenters. The molecule has 6 aromatic carbocycles. The highest BCUT2D eigenvalue weighted by atomic mass is 32.3. The third-order valence-corrected chi connectivity index (χ3v) is 18.1. The van der Waals surface area contributed by atoms with Crippen molar-refractivity contribution >= 4 is 40.9 Å². The van der Waals surface area contributed by atoms with Gasteiger partial charge in [-0.05, 0) is 72.8 Å². The lowest BCUT2D eigenvalue weighted by Crippen LogP contribution is -2.21. The molecule has 0 radical (unpaired) electrons. The van der Waals surface area contributed by atoms with E-state index in [1.165, 1.54) is 0 Å². The Bertz CT molecular complexity index is 1830. The van der Waals surface area contributed by atoms with Gasteiger partial charge in [0.2, 0.25) is 0 Å². The van der Waals surface area contributed by atoms with Crippen LogP contribution in [0.5, 0.6) is 0 Å². The Morgan fingerprint density at radius 3 is 0.667 bits per heavy atom. The molecule has 0 bridgehead atoms. The van der Waals surface area contributed by atoms with Crippen LogP contribution in [-0.2, 0) is 26.8 Å². The van der Waals surface area contributed by atoms with Gasteiger partial charge >= 0.3 is 20.2 Å². The van der Waals surface area contributed by atoms with E-state index in [9.17, 15) is 17.5 Å². The molecule has 0 aromatic heterocycles. The maximum Gasteiger partial charge on any atom is 0.424 e. The van der Waals surface area contributed by atoms with Crippen molar-refractivity contribution in [3.05, 3.63) is 182 Å². The van der Waals surface area contributed by atoms with E-state index in [0.29, 0.717) is 29.4 Å². The molecule has 6 aromatic rings. The average molecular weight is 717 g/mol. The number of rotatable bonds is 11. The molecule has 48 heavy (non-hydrogen) atoms. The first-order chi connectivity index (χ1) is 23.3. The minimum atomic E-state index is -4.19. The third kappa shape index (κ3) is 7.14. The van der Waals surface area contributed by atoms with Crippen LogP contribution in [0.25, 0.3) is 0 Å². The zero-order valence-electron chi connectivity index (χ0n) is 25.9. The molecule has 0 aliphatic carbocycles. The van der Waals surface area contributed by atoms with E-state index in [-0.39, 0.29) is 0 Å². The lowest BCUT2D eigenvalue weighted by Gasteiger charge is -2.26. The maximum atomic E-state index is 14.2. The first-order valence-electron chi connectivity index (χ1n) is 15.1. The van der Waals surface area contributed by atoms with Gasteiger partial charge in [0.25, 0.3) is 0 Å². The molecule has 0 aliphatic heterocycles. The Balaban J connectivity index is 1.51. The van der Waals surface area contributed by atoms with Gasteiger partial charge in [-0.15, -0.1) is 15.0 Å². The van der Waals surface area contributed by atoms with Gasteiger partial charge in [0.15, 0.2) is 20.6 Å². The third-order valence-electron chi connectivity index (χ3n) is 7.47. The molecule has 0 fully saturated rings. The van der Waals surface area contributed by atoms with E-state index < -0.39 is 52.4 Å². The summed E-state index contributed by atoms with van der Waals surface area (Å²) in [5, 5.41) is 0. The van der Waals surface area contributed by atoms with Crippen molar-refractivity contribution in [2.24, 2.45) is 0 Å². The van der Waals surface area contributed by atoms with Crippen LogP contribution in [0, 0.1) is 0 Å². The molecule has 0 spiro atoms. The predicted molar refractivity (Wildman–Crippen MR) is 196 cm³/mol. The highest BCUT2D eigenvalue weighted by molar-refractivity contribution is 8.31. The topological polar surface area (TPSA) is 97.2 Å². The second-order valence-electron chi connectivity index (χ2n) is 10.7. The summed E-state index contributed by atoms with van der Waals surface area (Å²) in [6, 6.07) is 56.1. The number of benzene rings is 6. The van der Waals surface area contributed by atoms with Gasteiger partial charge in [-0.2, -0.15) is 0 Å². The smallest absolute Gasteiger partial charge is 0.245 e. The van der Waals surface area contributed by atoms with Crippen LogP contribution in [0.2, 0.25) is 0 Å². The molecule has 10 heteroatoms. The molecule has 0 heterocycles. The SMILES string of the molecule is O=S(O)(CCS(=O)(O)=[O+]S(c1ccccc1)(c1ccccc1)c1ccccc1)=[O+]S(c1ccccc1)(c1ccccc1)c1ccccc1. The first-order valence-corrected chi connectivity index (χ1v) is 21.5. The molecular formula is C38H36O6S4+2. The lowest BCUT2D eigenvalue weighted by molar-refractivity contribution is 0.345. The van der Waals surface area contributed by atoms with E-state index in [1.807, 2.05) is 182 Å². The van der Waals surface area contributed by atoms with Crippen molar-refractivity contribution in [2.75, 3.05) is 11.5 Å². The van der Waals surface area contributed by atoms with E-state index in [2.05, 4.69) is 0 Å². The molecule has 6 nitrogen and oxygen atoms in total. The quantitative estimate of drug-likeness (QED) is 0.103. The normalized spacial score (nSPS) is 15.0. The lowest BCUT2D eigenvalue weighted by atomic mass is 10.4. The fraction of sp³-hybridized carbons (Fsp3) is 0.0526. The van der Waals surface area contributed by atoms with Gasteiger partial charge in [-0.25, -0.2) is 9.11 Å². The van der Waals surface area contributed by atoms with Gasteiger partial charge in [0, 0.05) is 0 Å². The van der Waals surface area contributed by atoms with Crippen LogP contribution < -0.4 is 0 Å². The van der Waals surface area contributed by atoms with Crippen molar-refractivity contribution in [2.45, 2.75) is 29.4 Å². The van der Waals surface area contributed by atoms with Crippen molar-refractivity contribution in [1.82, 2.24) is 0 Å². The summed E-state index contributed by atoms with van der Waals surface area (Å²) in [6.45, 7) is 0. The minimum absolute atomic E-state index is 0.641. The monoisotopic (exact) mass is 716 g/mol. The van der Waals surface area contributed by atoms with Gasteiger partial charge in [0.05, 0.1) is 29.4 Å². The molecule has 2 unspecified atom stereocenters. The first kappa shape index (κ1) is 33.7. The summed E-state index contributed by atoms with van der Waals surface area (Å²) in [7, 11) is -13.9. The van der Waals surface area contributed by atoms with Gasteiger partial charge in [-0.3, -0.25) is 0 Å². The summed E-state index contributed by atoms with van der Waals surface area (Å²) in [4.78, 5) is 4.28. The average Bonchev–Trinajstić information content (AvgIpc) is 3.14. The molecule has 2 N–H and O–H groups in total. The number of hydrogen-bond acceptors (Lipinski definition) is 2. The van der Waals surface area contributed by atoms with Crippen LogP contribution in [0.1, 0.15) is 0 Å². The van der Waals surface area contributed by atoms with E-state index in [1.54, 1.807) is 0 Å². The molecule has 0 aliphatic rings. The molecule has 0 amide bonds. The molecule has 246 valence electrons. The Labute approximate surface area is 286 Å². The summed E-state index contributed by atoms with van der Waals surface area (Å²) < 4.78 is 64.5. The highest BCUT2D eigenvalue weighted by Gasteiger charge is 2.48. The van der Waals surface area contributed by atoms with Crippen molar-refractivity contribution in [3.63, 3.8) is 0 Å². The fourth-order valence-corrected chi connectivity index (χ4v) is 16.9. The van der Waals surface area contributed by atoms with E-state index >= 15 is 0 Å². The van der Waals surface area contributed by atoms with E-state index in [0.717, 1.165) is 0 Å². The standard InChI is InChI=1S/C38H34O6S4/c39-45(40,43-47(33-19-7-1-8-20-33,34-21-9-2-10-22-34)35-23-11-3-12-24-35)31-32-46(41,42)44-48(36-25-13-4-14-26-36,37-27-15-5-16-28-37)38-29-17-6-18-30-38/h1-30H,31-32H2/p+2. The molecule has 6 rings (SSSR count). The zero-order chi connectivity index (χ0) is 33.5. The summed E-state index contributed by atoms with van der Waals surface area (Å²) in [5.74, 6) is -1.28. The largest absolute Gasteiger partial charge is 0.424 e. The Hall–Kier alpha value is -4.16. The summed E-state index contributed by atoms with van der Waals surface area (Å²) in [5.41, 5.74) is 0. The Kier molecular flexibility index (Phi) is 10.2. The fourth-order valence-electron chi connectivity index (χ4n) is 5.32. The maximum absolute atomic E-state index is 14.2. The van der Waals surface area contributed by atoms with Crippen LogP contribution in [-0.4, -0.2) is 29.0 Å². The van der Waals surface area contributed by atoms with Crippen molar-refractivity contribution < 1.29 is 24.1 Å². The molecular weight excluding hydrogens is 681 g/mol. The zero-order valence-corrected chi connectivity index (χ0v) is 29.2. The molecule has 0 saturated carbocycles. The van der Waals surface area contributed by atoms with Crippen molar-refractivity contribution in [3.8, 4) is 0 Å². The highest BCUT2D eigenvalue weighted by Crippen LogP contribution is 2.68. The van der Waals surface area contributed by atoms with Gasteiger partial charge in [0.1, 0.15) is 11.5 Å². The van der Waals surface area contributed by atoms with Crippen molar-refractivity contribution in [1.29, 1.82) is 0 Å². The minimum Gasteiger partial charge on any atom is -0.245 e. The Morgan fingerprint density at radius 2 is 0.500 bits per heavy atom. The summed E-state index contributed by atoms with van der Waals surface area (Å²) in [6.07, 6.45) is 0. The summed E-state index contributed by atoms with van der Waals surface area (Å²) >= 11 is 0. The predicted octanol–water partition coefficient (Wildman–Crippen LogP) is 10.1. The van der Waals surface area contributed by atoms with Crippen LogP contribution >= 0.6 is 20.6 Å². The van der Waals surface area contributed by atoms with E-state index in [4.69, 9.17) is 6.57 Å². The number of hydrogen-bond donors (Lipinski definition) is 2.